The van der Waals surface area contributed by atoms with E-state index < -0.39 is 10.7 Å². The molecule has 0 saturated carbocycles. The van der Waals surface area contributed by atoms with E-state index in [1.165, 1.54) is 18.2 Å². The van der Waals surface area contributed by atoms with Crippen molar-refractivity contribution in [1.29, 1.82) is 0 Å². The van der Waals surface area contributed by atoms with Crippen LogP contribution in [-0.4, -0.2) is 11.0 Å². The second-order valence-electron chi connectivity index (χ2n) is 3.34. The highest BCUT2D eigenvalue weighted by atomic mass is 19.1. The predicted molar refractivity (Wildman–Crippen MR) is 56.4 cm³/mol. The van der Waals surface area contributed by atoms with Crippen LogP contribution in [0.4, 0.5) is 15.8 Å². The third kappa shape index (κ3) is 2.65. The van der Waals surface area contributed by atoms with Gasteiger partial charge in [0.2, 0.25) is 0 Å². The number of rotatable bonds is 4. The molecule has 0 spiro atoms. The molecule has 0 aromatic heterocycles. The summed E-state index contributed by atoms with van der Waals surface area (Å²) in [7, 11) is 0. The van der Waals surface area contributed by atoms with E-state index in [9.17, 15) is 14.5 Å². The monoisotopic (exact) mass is 212 g/mol. The van der Waals surface area contributed by atoms with Crippen LogP contribution < -0.4 is 5.32 Å². The van der Waals surface area contributed by atoms with Gasteiger partial charge in [-0.15, -0.1) is 0 Å². The zero-order valence-corrected chi connectivity index (χ0v) is 8.66. The molecule has 82 valence electrons. The normalized spacial score (nSPS) is 12.2. The molecule has 0 heterocycles. The number of nitro benzene ring substituents is 1. The molecular weight excluding hydrogens is 199 g/mol. The van der Waals surface area contributed by atoms with Gasteiger partial charge in [-0.05, 0) is 19.4 Å². The molecule has 1 aromatic carbocycles. The van der Waals surface area contributed by atoms with Gasteiger partial charge >= 0.3 is 0 Å². The molecule has 1 unspecified atom stereocenters. The van der Waals surface area contributed by atoms with Crippen molar-refractivity contribution in [3.63, 3.8) is 0 Å². The second-order valence-corrected chi connectivity index (χ2v) is 3.34. The van der Waals surface area contributed by atoms with Crippen LogP contribution in [0, 0.1) is 15.9 Å². The molecule has 1 atom stereocenters. The smallest absolute Gasteiger partial charge is 0.295 e. The van der Waals surface area contributed by atoms with Gasteiger partial charge in [0, 0.05) is 12.1 Å². The average molecular weight is 212 g/mol. The molecule has 0 aliphatic heterocycles. The van der Waals surface area contributed by atoms with Crippen molar-refractivity contribution < 1.29 is 9.31 Å². The van der Waals surface area contributed by atoms with Crippen LogP contribution in [0.1, 0.15) is 20.3 Å². The SMILES string of the molecule is CCC(C)Nc1c(F)cccc1[N+](=O)[O-]. The first-order valence-electron chi connectivity index (χ1n) is 4.75. The zero-order chi connectivity index (χ0) is 11.4. The number of para-hydroxylation sites is 1. The number of nitro groups is 1. The van der Waals surface area contributed by atoms with Gasteiger partial charge < -0.3 is 5.32 Å². The highest BCUT2D eigenvalue weighted by molar-refractivity contribution is 5.62. The van der Waals surface area contributed by atoms with Gasteiger partial charge in [-0.25, -0.2) is 4.39 Å². The Morgan fingerprint density at radius 2 is 2.27 bits per heavy atom. The summed E-state index contributed by atoms with van der Waals surface area (Å²) >= 11 is 0. The molecule has 1 aromatic rings. The Morgan fingerprint density at radius 1 is 1.60 bits per heavy atom. The number of anilines is 1. The fraction of sp³-hybridized carbons (Fsp3) is 0.400. The second kappa shape index (κ2) is 4.72. The molecule has 4 nitrogen and oxygen atoms in total. The Morgan fingerprint density at radius 3 is 2.80 bits per heavy atom. The summed E-state index contributed by atoms with van der Waals surface area (Å²) in [6.07, 6.45) is 0.769. The number of halogens is 1. The molecule has 1 N–H and O–H groups in total. The highest BCUT2D eigenvalue weighted by Crippen LogP contribution is 2.27. The van der Waals surface area contributed by atoms with Crippen LogP contribution in [0.2, 0.25) is 0 Å². The third-order valence-electron chi connectivity index (χ3n) is 2.19. The summed E-state index contributed by atoms with van der Waals surface area (Å²) in [4.78, 5) is 10.1. The van der Waals surface area contributed by atoms with E-state index in [4.69, 9.17) is 0 Å². The van der Waals surface area contributed by atoms with Gasteiger partial charge in [-0.1, -0.05) is 13.0 Å². The van der Waals surface area contributed by atoms with E-state index in [1.807, 2.05) is 13.8 Å². The number of nitrogens with one attached hydrogen (secondary N) is 1. The summed E-state index contributed by atoms with van der Waals surface area (Å²) in [5.41, 5.74) is -0.257. The molecule has 0 radical (unpaired) electrons. The Hall–Kier alpha value is -1.65. The average Bonchev–Trinajstić information content (AvgIpc) is 2.20. The van der Waals surface area contributed by atoms with E-state index in [0.29, 0.717) is 0 Å². The van der Waals surface area contributed by atoms with Crippen LogP contribution in [0.25, 0.3) is 0 Å². The van der Waals surface area contributed by atoms with Crippen molar-refractivity contribution in [1.82, 2.24) is 0 Å². The van der Waals surface area contributed by atoms with Crippen LogP contribution in [-0.2, 0) is 0 Å². The standard InChI is InChI=1S/C10H13FN2O2/c1-3-7(2)12-10-8(11)5-4-6-9(10)13(14)15/h4-7,12H,3H2,1-2H3. The molecule has 5 heteroatoms. The third-order valence-corrected chi connectivity index (χ3v) is 2.19. The molecule has 0 saturated heterocycles. The van der Waals surface area contributed by atoms with Crippen molar-refractivity contribution in [3.05, 3.63) is 34.1 Å². The minimum Gasteiger partial charge on any atom is -0.375 e. The molecule has 15 heavy (non-hydrogen) atoms. The fourth-order valence-corrected chi connectivity index (χ4v) is 1.16. The molecule has 0 fully saturated rings. The predicted octanol–water partition coefficient (Wildman–Crippen LogP) is 2.94. The van der Waals surface area contributed by atoms with Crippen LogP contribution >= 0.6 is 0 Å². The van der Waals surface area contributed by atoms with E-state index in [0.717, 1.165) is 6.42 Å². The van der Waals surface area contributed by atoms with Gasteiger partial charge in [0.05, 0.1) is 4.92 Å². The number of hydrogen-bond donors (Lipinski definition) is 1. The largest absolute Gasteiger partial charge is 0.375 e. The van der Waals surface area contributed by atoms with E-state index in [1.54, 1.807) is 0 Å². The number of nitrogens with zero attached hydrogens (tertiary/aromatic N) is 1. The van der Waals surface area contributed by atoms with E-state index in [2.05, 4.69) is 5.32 Å². The van der Waals surface area contributed by atoms with Crippen molar-refractivity contribution >= 4 is 11.4 Å². The van der Waals surface area contributed by atoms with Crippen molar-refractivity contribution in [2.45, 2.75) is 26.3 Å². The lowest BCUT2D eigenvalue weighted by Crippen LogP contribution is -2.15. The van der Waals surface area contributed by atoms with Crippen LogP contribution in [0.15, 0.2) is 18.2 Å². The maximum atomic E-state index is 13.3. The van der Waals surface area contributed by atoms with Crippen LogP contribution in [0.5, 0.6) is 0 Å². The lowest BCUT2D eigenvalue weighted by Gasteiger charge is -2.13. The Bertz CT molecular complexity index is 368. The van der Waals surface area contributed by atoms with Crippen molar-refractivity contribution in [3.8, 4) is 0 Å². The fourth-order valence-electron chi connectivity index (χ4n) is 1.16. The van der Waals surface area contributed by atoms with Crippen LogP contribution in [0.3, 0.4) is 0 Å². The summed E-state index contributed by atoms with van der Waals surface area (Å²) < 4.78 is 13.3. The van der Waals surface area contributed by atoms with E-state index in [-0.39, 0.29) is 17.4 Å². The topological polar surface area (TPSA) is 55.2 Å². The Labute approximate surface area is 87.3 Å². The van der Waals surface area contributed by atoms with E-state index >= 15 is 0 Å². The summed E-state index contributed by atoms with van der Waals surface area (Å²) in [5.74, 6) is -0.593. The Balaban J connectivity index is 3.07. The van der Waals surface area contributed by atoms with Crippen molar-refractivity contribution in [2.75, 3.05) is 5.32 Å². The van der Waals surface area contributed by atoms with Gasteiger partial charge in [0.25, 0.3) is 5.69 Å². The first-order chi connectivity index (χ1) is 7.06. The van der Waals surface area contributed by atoms with Gasteiger partial charge in [0.1, 0.15) is 5.69 Å². The summed E-state index contributed by atoms with van der Waals surface area (Å²) in [5, 5.41) is 13.4. The minimum atomic E-state index is -0.593. The van der Waals surface area contributed by atoms with Crippen molar-refractivity contribution in [2.24, 2.45) is 0 Å². The van der Waals surface area contributed by atoms with Gasteiger partial charge in [-0.2, -0.15) is 0 Å². The lowest BCUT2D eigenvalue weighted by atomic mass is 10.2. The molecule has 0 bridgehead atoms. The molecule has 0 aliphatic carbocycles. The summed E-state index contributed by atoms with van der Waals surface area (Å²) in [6.45, 7) is 3.76. The first kappa shape index (κ1) is 11.4. The highest BCUT2D eigenvalue weighted by Gasteiger charge is 2.18. The molecule has 0 amide bonds. The quantitative estimate of drug-likeness (QED) is 0.616. The zero-order valence-electron chi connectivity index (χ0n) is 8.66. The molecular formula is C10H13FN2O2. The maximum Gasteiger partial charge on any atom is 0.295 e. The summed E-state index contributed by atoms with van der Waals surface area (Å²) in [6, 6.07) is 3.82. The first-order valence-corrected chi connectivity index (χ1v) is 4.75. The Kier molecular flexibility index (Phi) is 3.60. The molecule has 1 rings (SSSR count). The maximum absolute atomic E-state index is 13.3. The van der Waals surface area contributed by atoms with Gasteiger partial charge in [0.15, 0.2) is 5.82 Å². The lowest BCUT2D eigenvalue weighted by molar-refractivity contribution is -0.384. The molecule has 0 aliphatic rings. The number of hydrogen-bond acceptors (Lipinski definition) is 3. The minimum absolute atomic E-state index is 0.000556. The number of benzene rings is 1. The van der Waals surface area contributed by atoms with Gasteiger partial charge in [-0.3, -0.25) is 10.1 Å².